The molecule has 0 aliphatic carbocycles. The third-order valence-electron chi connectivity index (χ3n) is 6.46. The van der Waals surface area contributed by atoms with Gasteiger partial charge in [0.2, 0.25) is 0 Å². The number of Topliss-reactive ketones (excluding diaryl/α,β-unsaturated/α-hetero) is 1. The number of benzene rings is 3. The van der Waals surface area contributed by atoms with Crippen molar-refractivity contribution in [2.75, 3.05) is 19.1 Å². The van der Waals surface area contributed by atoms with Gasteiger partial charge in [0.05, 0.1) is 41.6 Å². The molecule has 3 aromatic carbocycles. The highest BCUT2D eigenvalue weighted by Crippen LogP contribution is 2.45. The summed E-state index contributed by atoms with van der Waals surface area (Å²) in [5.41, 5.74) is 3.83. The Hall–Kier alpha value is -4.50. The molecular weight excluding hydrogens is 504 g/mol. The van der Waals surface area contributed by atoms with Crippen LogP contribution >= 0.6 is 11.3 Å². The first kappa shape index (κ1) is 25.2. The highest BCUT2D eigenvalue weighted by Gasteiger charge is 2.48. The van der Waals surface area contributed by atoms with Gasteiger partial charge in [0.1, 0.15) is 11.5 Å². The molecule has 1 fully saturated rings. The van der Waals surface area contributed by atoms with Crippen molar-refractivity contribution in [1.29, 1.82) is 0 Å². The van der Waals surface area contributed by atoms with Crippen LogP contribution < -0.4 is 9.64 Å². The molecule has 0 bridgehead atoms. The Balaban J connectivity index is 1.72. The second-order valence-electron chi connectivity index (χ2n) is 8.94. The van der Waals surface area contributed by atoms with Crippen molar-refractivity contribution in [3.8, 4) is 5.75 Å². The number of fused-ring (bicyclic) bond motifs is 1. The van der Waals surface area contributed by atoms with E-state index in [9.17, 15) is 19.5 Å². The number of ketones is 1. The van der Waals surface area contributed by atoms with Crippen LogP contribution in [0.3, 0.4) is 0 Å². The molecule has 4 aromatic rings. The molecule has 0 unspecified atom stereocenters. The summed E-state index contributed by atoms with van der Waals surface area (Å²) in [6.45, 7) is 3.92. The second-order valence-corrected chi connectivity index (χ2v) is 9.95. The Morgan fingerprint density at radius 2 is 1.74 bits per heavy atom. The molecule has 1 amide bonds. The van der Waals surface area contributed by atoms with E-state index in [1.807, 2.05) is 26.0 Å². The molecule has 5 rings (SSSR count). The van der Waals surface area contributed by atoms with E-state index in [-0.39, 0.29) is 11.3 Å². The van der Waals surface area contributed by atoms with E-state index in [1.165, 1.54) is 30.5 Å². The summed E-state index contributed by atoms with van der Waals surface area (Å²) >= 11 is 1.30. The van der Waals surface area contributed by atoms with Crippen LogP contribution in [-0.4, -0.2) is 42.0 Å². The molecule has 1 aromatic heterocycles. The van der Waals surface area contributed by atoms with E-state index >= 15 is 0 Å². The number of aromatic nitrogens is 1. The molecule has 8 nitrogen and oxygen atoms in total. The van der Waals surface area contributed by atoms with E-state index in [2.05, 4.69) is 0 Å². The van der Waals surface area contributed by atoms with E-state index < -0.39 is 23.7 Å². The van der Waals surface area contributed by atoms with Gasteiger partial charge < -0.3 is 14.6 Å². The number of nitrogens with zero attached hydrogens (tertiary/aromatic N) is 2. The minimum atomic E-state index is -0.977. The summed E-state index contributed by atoms with van der Waals surface area (Å²) < 4.78 is 10.9. The third kappa shape index (κ3) is 4.20. The third-order valence-corrected chi connectivity index (χ3v) is 7.46. The van der Waals surface area contributed by atoms with Crippen molar-refractivity contribution in [2.24, 2.45) is 0 Å². The fraction of sp³-hybridized carbons (Fsp3) is 0.172. The first-order valence-corrected chi connectivity index (χ1v) is 12.6. The highest BCUT2D eigenvalue weighted by atomic mass is 32.1. The van der Waals surface area contributed by atoms with E-state index in [4.69, 9.17) is 14.5 Å². The van der Waals surface area contributed by atoms with Crippen molar-refractivity contribution in [2.45, 2.75) is 19.9 Å². The maximum atomic E-state index is 13.5. The van der Waals surface area contributed by atoms with E-state index in [1.54, 1.807) is 48.5 Å². The number of esters is 1. The summed E-state index contributed by atoms with van der Waals surface area (Å²) in [5.74, 6) is -2.00. The first-order chi connectivity index (χ1) is 18.2. The number of aryl methyl sites for hydroxylation is 2. The predicted molar refractivity (Wildman–Crippen MR) is 145 cm³/mol. The molecule has 38 heavy (non-hydrogen) atoms. The number of ether oxygens (including phenoxy) is 2. The van der Waals surface area contributed by atoms with Crippen molar-refractivity contribution >= 4 is 50.1 Å². The largest absolute Gasteiger partial charge is 0.507 e. The molecule has 0 radical (unpaired) electrons. The quantitative estimate of drug-likeness (QED) is 0.161. The number of anilines is 1. The van der Waals surface area contributed by atoms with Gasteiger partial charge in [-0.25, -0.2) is 9.78 Å². The van der Waals surface area contributed by atoms with Crippen LogP contribution in [0.5, 0.6) is 5.75 Å². The number of hydrogen-bond acceptors (Lipinski definition) is 8. The van der Waals surface area contributed by atoms with Gasteiger partial charge in [-0.05, 0) is 60.9 Å². The molecule has 1 atom stereocenters. The number of hydrogen-bond donors (Lipinski definition) is 1. The number of aliphatic hydroxyl groups is 1. The average Bonchev–Trinajstić information content (AvgIpc) is 3.46. The number of carbonyl (C=O) groups is 3. The normalized spacial score (nSPS) is 16.7. The number of aliphatic hydroxyl groups excluding tert-OH is 1. The summed E-state index contributed by atoms with van der Waals surface area (Å²) in [5, 5.41) is 11.7. The zero-order valence-electron chi connectivity index (χ0n) is 21.1. The number of methoxy groups -OCH3 is 2. The lowest BCUT2D eigenvalue weighted by Gasteiger charge is -2.23. The zero-order chi connectivity index (χ0) is 27.1. The minimum absolute atomic E-state index is 0.0822. The molecule has 1 aliphatic rings. The fourth-order valence-corrected chi connectivity index (χ4v) is 5.82. The fourth-order valence-electron chi connectivity index (χ4n) is 4.65. The van der Waals surface area contributed by atoms with Crippen molar-refractivity contribution in [3.63, 3.8) is 0 Å². The van der Waals surface area contributed by atoms with Crippen LogP contribution in [0.25, 0.3) is 16.0 Å². The van der Waals surface area contributed by atoms with Crippen molar-refractivity contribution in [1.82, 2.24) is 4.98 Å². The second kappa shape index (κ2) is 9.75. The molecular formula is C29H24N2O6S. The number of amides is 1. The lowest BCUT2D eigenvalue weighted by molar-refractivity contribution is -0.132. The summed E-state index contributed by atoms with van der Waals surface area (Å²) in [6.07, 6.45) is 0. The van der Waals surface area contributed by atoms with Crippen LogP contribution in [0.4, 0.5) is 5.13 Å². The summed E-state index contributed by atoms with van der Waals surface area (Å²) in [6, 6.07) is 16.0. The lowest BCUT2D eigenvalue weighted by Crippen LogP contribution is -2.29. The van der Waals surface area contributed by atoms with Crippen LogP contribution in [0.15, 0.2) is 66.2 Å². The SMILES string of the molecule is COC(=O)c1ccc([C@H]2/C(=C(\O)c3cccc(OC)c3)C(=O)C(=O)N2c2nc3c(C)cc(C)cc3s2)cc1. The predicted octanol–water partition coefficient (Wildman–Crippen LogP) is 5.33. The standard InChI is InChI=1S/C29H24N2O6S/c1-15-12-16(2)23-21(13-15)38-29(30-23)31-24(17-8-10-18(11-9-17)28(35)37-4)22(26(33)27(31)34)25(32)19-6-5-7-20(14-19)36-3/h5-14,24,32H,1-4H3/b25-22+/t24-/m0/s1. The van der Waals surface area contributed by atoms with E-state index in [0.29, 0.717) is 27.6 Å². The van der Waals surface area contributed by atoms with Crippen molar-refractivity contribution in [3.05, 3.63) is 94.1 Å². The molecule has 9 heteroatoms. The monoisotopic (exact) mass is 528 g/mol. The average molecular weight is 529 g/mol. The number of thiazole rings is 1. The van der Waals surface area contributed by atoms with Crippen molar-refractivity contribution < 1.29 is 29.0 Å². The molecule has 2 heterocycles. The Kier molecular flexibility index (Phi) is 6.46. The molecule has 0 saturated carbocycles. The van der Waals surface area contributed by atoms with Gasteiger partial charge in [-0.15, -0.1) is 0 Å². The van der Waals surface area contributed by atoms with Gasteiger partial charge >= 0.3 is 11.9 Å². The van der Waals surface area contributed by atoms with Gasteiger partial charge in [-0.1, -0.05) is 41.7 Å². The molecule has 192 valence electrons. The summed E-state index contributed by atoms with van der Waals surface area (Å²) in [7, 11) is 2.79. The maximum absolute atomic E-state index is 13.5. The topological polar surface area (TPSA) is 106 Å². The molecule has 1 aliphatic heterocycles. The van der Waals surface area contributed by atoms with Crippen LogP contribution in [0.2, 0.25) is 0 Å². The van der Waals surface area contributed by atoms with E-state index in [0.717, 1.165) is 21.3 Å². The van der Waals surface area contributed by atoms with Gasteiger partial charge in [0, 0.05) is 5.56 Å². The van der Waals surface area contributed by atoms with Gasteiger partial charge in [-0.3, -0.25) is 14.5 Å². The molecule has 1 saturated heterocycles. The smallest absolute Gasteiger partial charge is 0.337 e. The zero-order valence-corrected chi connectivity index (χ0v) is 22.0. The Morgan fingerprint density at radius 1 is 1.00 bits per heavy atom. The van der Waals surface area contributed by atoms with Crippen LogP contribution in [0, 0.1) is 13.8 Å². The van der Waals surface area contributed by atoms with Gasteiger partial charge in [0.25, 0.3) is 5.78 Å². The Morgan fingerprint density at radius 3 is 2.42 bits per heavy atom. The van der Waals surface area contributed by atoms with Gasteiger partial charge in [0.15, 0.2) is 5.13 Å². The lowest BCUT2D eigenvalue weighted by atomic mass is 9.94. The minimum Gasteiger partial charge on any atom is -0.507 e. The number of carbonyl (C=O) groups excluding carboxylic acids is 3. The maximum Gasteiger partial charge on any atom is 0.337 e. The molecule has 1 N–H and O–H groups in total. The van der Waals surface area contributed by atoms with Crippen LogP contribution in [0.1, 0.15) is 38.7 Å². The molecule has 0 spiro atoms. The first-order valence-electron chi connectivity index (χ1n) is 11.7. The van der Waals surface area contributed by atoms with Crippen LogP contribution in [-0.2, 0) is 14.3 Å². The summed E-state index contributed by atoms with van der Waals surface area (Å²) in [4.78, 5) is 45.0. The highest BCUT2D eigenvalue weighted by molar-refractivity contribution is 7.22. The number of rotatable bonds is 5. The Bertz CT molecular complexity index is 1640. The van der Waals surface area contributed by atoms with Gasteiger partial charge in [-0.2, -0.15) is 0 Å². The Labute approximate surface area is 222 Å².